The van der Waals surface area contributed by atoms with Crippen LogP contribution in [0.25, 0.3) is 0 Å². The van der Waals surface area contributed by atoms with Crippen LogP contribution in [0.2, 0.25) is 0 Å². The van der Waals surface area contributed by atoms with E-state index in [1.165, 1.54) is 16.7 Å². The van der Waals surface area contributed by atoms with Crippen molar-refractivity contribution in [2.24, 2.45) is 10.9 Å². The molecule has 138 valence electrons. The van der Waals surface area contributed by atoms with Gasteiger partial charge in [-0.3, -0.25) is 19.5 Å². The molecule has 1 fully saturated rings. The maximum absolute atomic E-state index is 12.3. The van der Waals surface area contributed by atoms with Crippen molar-refractivity contribution in [2.75, 3.05) is 19.7 Å². The first-order chi connectivity index (χ1) is 12.6. The second kappa shape index (κ2) is 9.82. The lowest BCUT2D eigenvalue weighted by Gasteiger charge is -2.29. The number of rotatable bonds is 9. The Hall–Kier alpha value is -2.54. The number of amides is 2. The molecule has 1 saturated heterocycles. The fraction of sp³-hybridized carbons (Fsp3) is 0.368. The molecular formula is C19H23N3O3S. The molecule has 2 rings (SSSR count). The molecule has 0 saturated carbocycles. The molecule has 1 aromatic carbocycles. The van der Waals surface area contributed by atoms with Crippen molar-refractivity contribution in [3.05, 3.63) is 42.5 Å². The summed E-state index contributed by atoms with van der Waals surface area (Å²) in [5.41, 5.74) is 1.27. The van der Waals surface area contributed by atoms with Crippen molar-refractivity contribution in [1.82, 2.24) is 10.2 Å². The van der Waals surface area contributed by atoms with Crippen LogP contribution < -0.4 is 10.1 Å². The van der Waals surface area contributed by atoms with Gasteiger partial charge in [0.15, 0.2) is 11.0 Å². The summed E-state index contributed by atoms with van der Waals surface area (Å²) in [7, 11) is 0. The van der Waals surface area contributed by atoms with E-state index in [4.69, 9.17) is 17.0 Å². The van der Waals surface area contributed by atoms with Crippen LogP contribution in [0.1, 0.15) is 18.9 Å². The highest BCUT2D eigenvalue weighted by molar-refractivity contribution is 7.80. The Morgan fingerprint density at radius 2 is 2.08 bits per heavy atom. The van der Waals surface area contributed by atoms with Gasteiger partial charge in [-0.25, -0.2) is 0 Å². The second-order valence-electron chi connectivity index (χ2n) is 5.76. The standard InChI is InChI=1S/C19H23N3O3S/c1-3-11-22-18(24)16(17(23)21-19(22)26)13-20-10-5-12-25-15-8-6-14(4-2)7-9-15/h3,6-9,13,16H,1,4-5,10-12H2,2H3,(H,21,23,26). The van der Waals surface area contributed by atoms with Crippen LogP contribution >= 0.6 is 12.2 Å². The molecule has 1 aromatic rings. The summed E-state index contributed by atoms with van der Waals surface area (Å²) in [5.74, 6) is -0.961. The maximum atomic E-state index is 12.3. The van der Waals surface area contributed by atoms with Gasteiger partial charge in [-0.05, 0) is 36.3 Å². The van der Waals surface area contributed by atoms with E-state index in [-0.39, 0.29) is 17.6 Å². The molecule has 1 heterocycles. The number of carbonyl (C=O) groups is 2. The van der Waals surface area contributed by atoms with Crippen LogP contribution in [-0.4, -0.2) is 47.7 Å². The molecule has 1 atom stereocenters. The van der Waals surface area contributed by atoms with Gasteiger partial charge >= 0.3 is 0 Å². The number of nitrogens with one attached hydrogen (secondary N) is 1. The van der Waals surface area contributed by atoms with E-state index in [1.807, 2.05) is 24.3 Å². The van der Waals surface area contributed by atoms with Gasteiger partial charge in [-0.1, -0.05) is 25.1 Å². The summed E-state index contributed by atoms with van der Waals surface area (Å²) in [6.07, 6.45) is 4.62. The fourth-order valence-corrected chi connectivity index (χ4v) is 2.68. The van der Waals surface area contributed by atoms with Gasteiger partial charge in [-0.15, -0.1) is 6.58 Å². The lowest BCUT2D eigenvalue weighted by Crippen LogP contribution is -2.58. The summed E-state index contributed by atoms with van der Waals surface area (Å²) >= 11 is 5.00. The highest BCUT2D eigenvalue weighted by Gasteiger charge is 2.36. The number of nitrogens with zero attached hydrogens (tertiary/aromatic N) is 2. The van der Waals surface area contributed by atoms with Crippen LogP contribution in [-0.2, 0) is 16.0 Å². The summed E-state index contributed by atoms with van der Waals surface area (Å²) in [4.78, 5) is 29.7. The van der Waals surface area contributed by atoms with E-state index in [0.717, 1.165) is 12.2 Å². The molecule has 26 heavy (non-hydrogen) atoms. The van der Waals surface area contributed by atoms with E-state index in [2.05, 4.69) is 23.8 Å². The Bertz CT molecular complexity index is 700. The number of ether oxygens (including phenoxy) is 1. The number of aryl methyl sites for hydroxylation is 1. The molecule has 0 radical (unpaired) electrons. The fourth-order valence-electron chi connectivity index (χ4n) is 2.41. The Kier molecular flexibility index (Phi) is 7.47. The van der Waals surface area contributed by atoms with Gasteiger partial charge in [0, 0.05) is 25.7 Å². The summed E-state index contributed by atoms with van der Waals surface area (Å²) in [5, 5.41) is 2.62. The molecule has 1 aliphatic heterocycles. The number of carbonyl (C=O) groups excluding carboxylic acids is 2. The molecule has 0 spiro atoms. The minimum atomic E-state index is -0.954. The van der Waals surface area contributed by atoms with Gasteiger partial charge in [0.05, 0.1) is 6.61 Å². The van der Waals surface area contributed by atoms with Gasteiger partial charge < -0.3 is 10.1 Å². The van der Waals surface area contributed by atoms with Crippen LogP contribution in [0.4, 0.5) is 0 Å². The average Bonchev–Trinajstić information content (AvgIpc) is 2.64. The van der Waals surface area contributed by atoms with Crippen LogP contribution in [0.15, 0.2) is 41.9 Å². The highest BCUT2D eigenvalue weighted by Crippen LogP contribution is 2.13. The monoisotopic (exact) mass is 373 g/mol. The third-order valence-corrected chi connectivity index (χ3v) is 4.21. The van der Waals surface area contributed by atoms with E-state index in [1.54, 1.807) is 6.08 Å². The van der Waals surface area contributed by atoms with Crippen molar-refractivity contribution < 1.29 is 14.3 Å². The Morgan fingerprint density at radius 1 is 1.35 bits per heavy atom. The minimum absolute atomic E-state index is 0.104. The normalized spacial score (nSPS) is 17.5. The molecule has 1 unspecified atom stereocenters. The number of aliphatic imine (C=N–C) groups is 1. The van der Waals surface area contributed by atoms with Crippen molar-refractivity contribution in [3.8, 4) is 5.75 Å². The Morgan fingerprint density at radius 3 is 2.73 bits per heavy atom. The zero-order valence-corrected chi connectivity index (χ0v) is 15.6. The van der Waals surface area contributed by atoms with Crippen molar-refractivity contribution in [2.45, 2.75) is 19.8 Å². The number of benzene rings is 1. The largest absolute Gasteiger partial charge is 0.494 e. The zero-order chi connectivity index (χ0) is 18.9. The second-order valence-corrected chi connectivity index (χ2v) is 6.15. The first-order valence-corrected chi connectivity index (χ1v) is 8.96. The molecule has 6 nitrogen and oxygen atoms in total. The molecule has 1 aliphatic rings. The smallest absolute Gasteiger partial charge is 0.247 e. The van der Waals surface area contributed by atoms with Crippen LogP contribution in [0.5, 0.6) is 5.75 Å². The van der Waals surface area contributed by atoms with Crippen LogP contribution in [0.3, 0.4) is 0 Å². The van der Waals surface area contributed by atoms with Gasteiger partial charge in [-0.2, -0.15) is 0 Å². The molecule has 2 amide bonds. The van der Waals surface area contributed by atoms with E-state index in [0.29, 0.717) is 19.6 Å². The number of hydrogen-bond donors (Lipinski definition) is 1. The van der Waals surface area contributed by atoms with E-state index >= 15 is 0 Å². The molecule has 1 N–H and O–H groups in total. The summed E-state index contributed by atoms with van der Waals surface area (Å²) in [6.45, 7) is 6.93. The predicted octanol–water partition coefficient (Wildman–Crippen LogP) is 2.13. The third kappa shape index (κ3) is 5.23. The molecule has 0 aliphatic carbocycles. The van der Waals surface area contributed by atoms with Gasteiger partial charge in [0.25, 0.3) is 0 Å². The first kappa shape index (κ1) is 19.8. The molecular weight excluding hydrogens is 350 g/mol. The van der Waals surface area contributed by atoms with Crippen LogP contribution in [0, 0.1) is 5.92 Å². The number of thiocarbonyl (C=S) groups is 1. The highest BCUT2D eigenvalue weighted by atomic mass is 32.1. The Balaban J connectivity index is 1.77. The number of hydrogen-bond acceptors (Lipinski definition) is 5. The summed E-state index contributed by atoms with van der Waals surface area (Å²) in [6, 6.07) is 7.98. The average molecular weight is 373 g/mol. The van der Waals surface area contributed by atoms with E-state index in [9.17, 15) is 9.59 Å². The topological polar surface area (TPSA) is 71.0 Å². The Labute approximate surface area is 158 Å². The predicted molar refractivity (Wildman–Crippen MR) is 105 cm³/mol. The lowest BCUT2D eigenvalue weighted by atomic mass is 10.1. The van der Waals surface area contributed by atoms with Gasteiger partial charge in [0.1, 0.15) is 5.75 Å². The lowest BCUT2D eigenvalue weighted by molar-refractivity contribution is -0.137. The summed E-state index contributed by atoms with van der Waals surface area (Å²) < 4.78 is 5.65. The first-order valence-electron chi connectivity index (χ1n) is 8.55. The SMILES string of the molecule is C=CCN1C(=O)C(C=NCCCOc2ccc(CC)cc2)C(=O)NC1=S. The zero-order valence-electron chi connectivity index (χ0n) is 14.8. The van der Waals surface area contributed by atoms with Crippen molar-refractivity contribution >= 4 is 35.4 Å². The van der Waals surface area contributed by atoms with Crippen molar-refractivity contribution in [1.29, 1.82) is 0 Å². The van der Waals surface area contributed by atoms with Gasteiger partial charge in [0.2, 0.25) is 11.8 Å². The molecule has 7 heteroatoms. The quantitative estimate of drug-likeness (QED) is 0.237. The third-order valence-electron chi connectivity index (χ3n) is 3.89. The molecule has 0 aromatic heterocycles. The molecule has 0 bridgehead atoms. The van der Waals surface area contributed by atoms with E-state index < -0.39 is 11.8 Å². The maximum Gasteiger partial charge on any atom is 0.247 e. The van der Waals surface area contributed by atoms with Crippen molar-refractivity contribution in [3.63, 3.8) is 0 Å². The minimum Gasteiger partial charge on any atom is -0.494 e.